The largest absolute Gasteiger partial charge is 0.363 e. The minimum absolute atomic E-state index is 0.0732. The van der Waals surface area contributed by atoms with Crippen molar-refractivity contribution in [1.29, 1.82) is 0 Å². The summed E-state index contributed by atoms with van der Waals surface area (Å²) < 4.78 is 0.921. The maximum atomic E-state index is 12.5. The van der Waals surface area contributed by atoms with Crippen molar-refractivity contribution < 1.29 is 0 Å². The molecule has 2 aromatic carbocycles. The average molecular weight is 394 g/mol. The molecule has 4 aromatic rings. The minimum Gasteiger partial charge on any atom is -0.363 e. The van der Waals surface area contributed by atoms with Gasteiger partial charge in [0.15, 0.2) is 0 Å². The van der Waals surface area contributed by atoms with E-state index in [4.69, 9.17) is 4.98 Å². The normalized spacial score (nSPS) is 12.4. The van der Waals surface area contributed by atoms with Gasteiger partial charge in [0.2, 0.25) is 0 Å². The van der Waals surface area contributed by atoms with Crippen LogP contribution in [0.4, 0.5) is 5.82 Å². The lowest BCUT2D eigenvalue weighted by molar-refractivity contribution is 0.879. The topological polar surface area (TPSA) is 57.8 Å². The van der Waals surface area contributed by atoms with Crippen LogP contribution in [0, 0.1) is 0 Å². The molecule has 0 aliphatic heterocycles. The van der Waals surface area contributed by atoms with Crippen molar-refractivity contribution in [3.63, 3.8) is 0 Å². The molecule has 0 spiro atoms. The molecule has 2 aromatic heterocycles. The molecule has 4 rings (SSSR count). The Hall–Kier alpha value is -2.66. The van der Waals surface area contributed by atoms with Crippen LogP contribution >= 0.6 is 15.9 Å². The number of rotatable bonds is 3. The lowest BCUT2D eigenvalue weighted by Gasteiger charge is -2.17. The number of fused-ring (bicyclic) bond motifs is 3. The fourth-order valence-corrected chi connectivity index (χ4v) is 3.43. The molecule has 4 nitrogen and oxygen atoms in total. The van der Waals surface area contributed by atoms with Crippen molar-refractivity contribution in [2.75, 3.05) is 5.32 Å². The SMILES string of the molecule is C[C@@H](Nc1nc2ccc(Br)cc2c2c(=O)[nH]ccc12)c1ccccc1. The van der Waals surface area contributed by atoms with Crippen LogP contribution in [0.5, 0.6) is 0 Å². The van der Waals surface area contributed by atoms with Crippen LogP contribution in [0.3, 0.4) is 0 Å². The number of hydrogen-bond donors (Lipinski definition) is 2. The fraction of sp³-hybridized carbons (Fsp3) is 0.100. The summed E-state index contributed by atoms with van der Waals surface area (Å²) in [6.07, 6.45) is 1.66. The summed E-state index contributed by atoms with van der Waals surface area (Å²) in [5, 5.41) is 5.76. The van der Waals surface area contributed by atoms with E-state index in [-0.39, 0.29) is 11.6 Å². The Kier molecular flexibility index (Phi) is 4.01. The first-order valence-corrected chi connectivity index (χ1v) is 8.85. The van der Waals surface area contributed by atoms with Gasteiger partial charge >= 0.3 is 0 Å². The molecule has 25 heavy (non-hydrogen) atoms. The Morgan fingerprint density at radius 2 is 1.88 bits per heavy atom. The highest BCUT2D eigenvalue weighted by Crippen LogP contribution is 2.30. The zero-order valence-corrected chi connectivity index (χ0v) is 15.2. The molecule has 0 amide bonds. The van der Waals surface area contributed by atoms with E-state index in [0.29, 0.717) is 11.2 Å². The fourth-order valence-electron chi connectivity index (χ4n) is 3.07. The molecule has 0 fully saturated rings. The molecule has 0 unspecified atom stereocenters. The number of aromatic amines is 1. The number of hydrogen-bond acceptors (Lipinski definition) is 3. The standard InChI is InChI=1S/C20H16BrN3O/c1-12(13-5-3-2-4-6-13)23-19-15-9-10-22-20(25)18(15)16-11-14(21)7-8-17(16)24-19/h2-12H,1H3,(H,22,25)(H,23,24)/t12-/m1/s1. The van der Waals surface area contributed by atoms with Crippen LogP contribution in [0.1, 0.15) is 18.5 Å². The van der Waals surface area contributed by atoms with Gasteiger partial charge in [0, 0.05) is 27.5 Å². The van der Waals surface area contributed by atoms with Gasteiger partial charge in [-0.2, -0.15) is 0 Å². The molecule has 5 heteroatoms. The maximum absolute atomic E-state index is 12.5. The van der Waals surface area contributed by atoms with Crippen LogP contribution in [0.2, 0.25) is 0 Å². The van der Waals surface area contributed by atoms with E-state index in [1.54, 1.807) is 6.20 Å². The molecule has 2 heterocycles. The van der Waals surface area contributed by atoms with Crippen LogP contribution < -0.4 is 10.9 Å². The number of pyridine rings is 2. The second kappa shape index (κ2) is 6.33. The molecule has 0 aliphatic rings. The third-order valence-corrected chi connectivity index (χ3v) is 4.82. The number of halogens is 1. The maximum Gasteiger partial charge on any atom is 0.256 e. The third-order valence-electron chi connectivity index (χ3n) is 4.33. The molecular formula is C20H16BrN3O. The van der Waals surface area contributed by atoms with Gasteiger partial charge in [-0.3, -0.25) is 4.79 Å². The van der Waals surface area contributed by atoms with E-state index in [0.717, 1.165) is 26.3 Å². The summed E-state index contributed by atoms with van der Waals surface area (Å²) in [5.74, 6) is 0.715. The summed E-state index contributed by atoms with van der Waals surface area (Å²) >= 11 is 3.48. The lowest BCUT2D eigenvalue weighted by Crippen LogP contribution is -2.11. The molecule has 1 atom stereocenters. The Morgan fingerprint density at radius 3 is 2.68 bits per heavy atom. The summed E-state index contributed by atoms with van der Waals surface area (Å²) in [6, 6.07) is 17.9. The van der Waals surface area contributed by atoms with Gasteiger partial charge in [0.25, 0.3) is 5.56 Å². The van der Waals surface area contributed by atoms with Crippen molar-refractivity contribution >= 4 is 43.4 Å². The smallest absolute Gasteiger partial charge is 0.256 e. The number of aromatic nitrogens is 2. The molecule has 0 aliphatic carbocycles. The summed E-state index contributed by atoms with van der Waals surface area (Å²) in [4.78, 5) is 20.0. The molecule has 0 saturated carbocycles. The highest BCUT2D eigenvalue weighted by atomic mass is 79.9. The van der Waals surface area contributed by atoms with Crippen molar-refractivity contribution in [2.24, 2.45) is 0 Å². The highest BCUT2D eigenvalue weighted by Gasteiger charge is 2.14. The van der Waals surface area contributed by atoms with Crippen LogP contribution in [-0.2, 0) is 0 Å². The van der Waals surface area contributed by atoms with Gasteiger partial charge in [0.1, 0.15) is 5.82 Å². The summed E-state index contributed by atoms with van der Waals surface area (Å²) in [7, 11) is 0. The quantitative estimate of drug-likeness (QED) is 0.480. The monoisotopic (exact) mass is 393 g/mol. The predicted octanol–water partition coefficient (Wildman–Crippen LogP) is 5.01. The molecule has 0 bridgehead atoms. The van der Waals surface area contributed by atoms with E-state index < -0.39 is 0 Å². The number of nitrogens with one attached hydrogen (secondary N) is 2. The molecular weight excluding hydrogens is 378 g/mol. The third kappa shape index (κ3) is 2.91. The van der Waals surface area contributed by atoms with Crippen molar-refractivity contribution in [1.82, 2.24) is 9.97 Å². The number of H-pyrrole nitrogens is 1. The Balaban J connectivity index is 1.93. The highest BCUT2D eigenvalue weighted by molar-refractivity contribution is 9.10. The van der Waals surface area contributed by atoms with Gasteiger partial charge in [-0.15, -0.1) is 0 Å². The van der Waals surface area contributed by atoms with E-state index in [1.165, 1.54) is 0 Å². The van der Waals surface area contributed by atoms with E-state index >= 15 is 0 Å². The summed E-state index contributed by atoms with van der Waals surface area (Å²) in [6.45, 7) is 2.09. The first-order valence-electron chi connectivity index (χ1n) is 8.05. The zero-order chi connectivity index (χ0) is 17.4. The van der Waals surface area contributed by atoms with E-state index in [2.05, 4.69) is 45.3 Å². The van der Waals surface area contributed by atoms with Gasteiger partial charge in [-0.25, -0.2) is 4.98 Å². The van der Waals surface area contributed by atoms with E-state index in [9.17, 15) is 4.79 Å². The Bertz CT molecular complexity index is 1120. The van der Waals surface area contributed by atoms with Gasteiger partial charge in [-0.1, -0.05) is 46.3 Å². The molecule has 0 radical (unpaired) electrons. The lowest BCUT2D eigenvalue weighted by atomic mass is 10.1. The van der Waals surface area contributed by atoms with Crippen molar-refractivity contribution in [3.8, 4) is 0 Å². The predicted molar refractivity (Wildman–Crippen MR) is 106 cm³/mol. The Morgan fingerprint density at radius 1 is 1.08 bits per heavy atom. The molecule has 0 saturated heterocycles. The second-order valence-electron chi connectivity index (χ2n) is 5.99. The number of anilines is 1. The second-order valence-corrected chi connectivity index (χ2v) is 6.91. The molecule has 124 valence electrons. The summed E-state index contributed by atoms with van der Waals surface area (Å²) in [5.41, 5.74) is 1.84. The van der Waals surface area contributed by atoms with Crippen LogP contribution in [-0.4, -0.2) is 9.97 Å². The van der Waals surface area contributed by atoms with Crippen LogP contribution in [0.15, 0.2) is 70.1 Å². The minimum atomic E-state index is -0.113. The van der Waals surface area contributed by atoms with Crippen molar-refractivity contribution in [2.45, 2.75) is 13.0 Å². The van der Waals surface area contributed by atoms with Gasteiger partial charge in [0.05, 0.1) is 10.9 Å². The number of nitrogens with zero attached hydrogens (tertiary/aromatic N) is 1. The molecule has 2 N–H and O–H groups in total. The first kappa shape index (κ1) is 15.8. The number of benzene rings is 2. The van der Waals surface area contributed by atoms with Crippen molar-refractivity contribution in [3.05, 3.63) is 81.2 Å². The van der Waals surface area contributed by atoms with Gasteiger partial charge < -0.3 is 10.3 Å². The van der Waals surface area contributed by atoms with Crippen LogP contribution in [0.25, 0.3) is 21.7 Å². The van der Waals surface area contributed by atoms with E-state index in [1.807, 2.05) is 42.5 Å². The average Bonchev–Trinajstić information content (AvgIpc) is 2.63. The first-order chi connectivity index (χ1) is 12.1. The Labute approximate surface area is 153 Å². The van der Waals surface area contributed by atoms with Gasteiger partial charge in [-0.05, 0) is 36.8 Å². The zero-order valence-electron chi connectivity index (χ0n) is 13.6.